The van der Waals surface area contributed by atoms with Gasteiger partial charge in [0.25, 0.3) is 0 Å². The van der Waals surface area contributed by atoms with E-state index in [1.807, 2.05) is 35.2 Å². The largest absolute Gasteiger partial charge is 0.361 e. The molecular formula is C23H31N5O4. The first-order chi connectivity index (χ1) is 15.4. The topological polar surface area (TPSA) is 108 Å². The van der Waals surface area contributed by atoms with Crippen LogP contribution in [0.25, 0.3) is 0 Å². The summed E-state index contributed by atoms with van der Waals surface area (Å²) in [5.41, 5.74) is 1.64. The molecule has 1 fully saturated rings. The molecular weight excluding hydrogens is 410 g/mol. The van der Waals surface area contributed by atoms with Crippen molar-refractivity contribution in [2.24, 2.45) is 0 Å². The molecule has 1 saturated heterocycles. The maximum Gasteiger partial charge on any atom is 0.242 e. The normalized spacial score (nSPS) is 15.2. The first-order valence-corrected chi connectivity index (χ1v) is 10.9. The highest BCUT2D eigenvalue weighted by Gasteiger charge is 2.23. The van der Waals surface area contributed by atoms with Gasteiger partial charge in [-0.25, -0.2) is 0 Å². The van der Waals surface area contributed by atoms with Crippen LogP contribution >= 0.6 is 0 Å². The number of benzene rings is 1. The summed E-state index contributed by atoms with van der Waals surface area (Å²) in [6.07, 6.45) is 0.692. The Morgan fingerprint density at radius 1 is 1.12 bits per heavy atom. The third-order valence-electron chi connectivity index (χ3n) is 5.44. The molecule has 0 unspecified atom stereocenters. The maximum atomic E-state index is 12.6. The second kappa shape index (κ2) is 11.4. The van der Waals surface area contributed by atoms with Gasteiger partial charge in [0, 0.05) is 58.7 Å². The number of hydrogen-bond acceptors (Lipinski definition) is 6. The van der Waals surface area contributed by atoms with Gasteiger partial charge in [-0.15, -0.1) is 0 Å². The molecule has 0 aliphatic carbocycles. The smallest absolute Gasteiger partial charge is 0.242 e. The van der Waals surface area contributed by atoms with Gasteiger partial charge in [-0.3, -0.25) is 19.3 Å². The van der Waals surface area contributed by atoms with Crippen LogP contribution in [0, 0.1) is 6.92 Å². The highest BCUT2D eigenvalue weighted by atomic mass is 16.5. The lowest BCUT2D eigenvalue weighted by Crippen LogP contribution is -2.52. The Balaban J connectivity index is 1.39. The van der Waals surface area contributed by atoms with Crippen molar-refractivity contribution in [1.82, 2.24) is 25.6 Å². The number of aryl methyl sites for hydroxylation is 1. The van der Waals surface area contributed by atoms with Crippen LogP contribution in [0.5, 0.6) is 0 Å². The molecule has 0 radical (unpaired) electrons. The standard InChI is InChI=1S/C23H31N5O4/c1-17-14-20(26-32-17)16-22(30)28-12-10-27(11-13-28)9-8-24-23(31)21(25-18(2)29)15-19-6-4-3-5-7-19/h3-7,14,21H,8-13,15-16H2,1-2H3,(H,24,31)(H,25,29)/t21-/m0/s1. The fraction of sp³-hybridized carbons (Fsp3) is 0.478. The summed E-state index contributed by atoms with van der Waals surface area (Å²) in [6, 6.07) is 10.8. The zero-order valence-electron chi connectivity index (χ0n) is 18.7. The van der Waals surface area contributed by atoms with Crippen molar-refractivity contribution in [1.29, 1.82) is 0 Å². The van der Waals surface area contributed by atoms with E-state index in [0.29, 0.717) is 44.1 Å². The van der Waals surface area contributed by atoms with Crippen LogP contribution in [0.15, 0.2) is 40.9 Å². The van der Waals surface area contributed by atoms with Crippen LogP contribution in [0.1, 0.15) is 23.9 Å². The van der Waals surface area contributed by atoms with Crippen molar-refractivity contribution in [3.05, 3.63) is 53.4 Å². The van der Waals surface area contributed by atoms with Gasteiger partial charge >= 0.3 is 0 Å². The third kappa shape index (κ3) is 7.19. The minimum absolute atomic E-state index is 0.0466. The molecule has 1 aliphatic rings. The van der Waals surface area contributed by atoms with Gasteiger partial charge in [0.05, 0.1) is 12.1 Å². The number of nitrogens with zero attached hydrogens (tertiary/aromatic N) is 3. The van der Waals surface area contributed by atoms with E-state index >= 15 is 0 Å². The van der Waals surface area contributed by atoms with Crippen molar-refractivity contribution in [3.63, 3.8) is 0 Å². The number of aromatic nitrogens is 1. The molecule has 1 aliphatic heterocycles. The molecule has 1 atom stereocenters. The van der Waals surface area contributed by atoms with Crippen LogP contribution in [0.3, 0.4) is 0 Å². The Morgan fingerprint density at radius 3 is 2.47 bits per heavy atom. The van der Waals surface area contributed by atoms with Crippen molar-refractivity contribution in [2.45, 2.75) is 32.7 Å². The lowest BCUT2D eigenvalue weighted by Gasteiger charge is -2.34. The molecule has 3 amide bonds. The summed E-state index contributed by atoms with van der Waals surface area (Å²) < 4.78 is 5.02. The zero-order valence-corrected chi connectivity index (χ0v) is 18.7. The van der Waals surface area contributed by atoms with E-state index in [-0.39, 0.29) is 24.1 Å². The monoisotopic (exact) mass is 441 g/mol. The Hall–Kier alpha value is -3.20. The van der Waals surface area contributed by atoms with E-state index in [0.717, 1.165) is 18.7 Å². The van der Waals surface area contributed by atoms with Crippen molar-refractivity contribution in [3.8, 4) is 0 Å². The first kappa shape index (κ1) is 23.5. The average Bonchev–Trinajstić information content (AvgIpc) is 3.18. The van der Waals surface area contributed by atoms with Gasteiger partial charge in [0.2, 0.25) is 17.7 Å². The van der Waals surface area contributed by atoms with E-state index in [1.54, 1.807) is 13.0 Å². The number of piperazine rings is 1. The molecule has 2 aromatic rings. The minimum atomic E-state index is -0.607. The Labute approximate surface area is 188 Å². The average molecular weight is 442 g/mol. The molecule has 0 saturated carbocycles. The molecule has 2 heterocycles. The van der Waals surface area contributed by atoms with Gasteiger partial charge in [-0.2, -0.15) is 0 Å². The van der Waals surface area contributed by atoms with Gasteiger partial charge in [-0.05, 0) is 12.5 Å². The summed E-state index contributed by atoms with van der Waals surface area (Å²) >= 11 is 0. The Kier molecular flexibility index (Phi) is 8.38. The molecule has 32 heavy (non-hydrogen) atoms. The fourth-order valence-corrected chi connectivity index (χ4v) is 3.75. The van der Waals surface area contributed by atoms with Gasteiger partial charge < -0.3 is 20.1 Å². The molecule has 0 spiro atoms. The quantitative estimate of drug-likeness (QED) is 0.588. The van der Waals surface area contributed by atoms with Crippen LogP contribution in [0.4, 0.5) is 0 Å². The SMILES string of the molecule is CC(=O)N[C@@H](Cc1ccccc1)C(=O)NCCN1CCN(C(=O)Cc2cc(C)on2)CC1. The first-order valence-electron chi connectivity index (χ1n) is 10.9. The number of amides is 3. The summed E-state index contributed by atoms with van der Waals surface area (Å²) in [6.45, 7) is 7.17. The Bertz CT molecular complexity index is 906. The van der Waals surface area contributed by atoms with E-state index in [4.69, 9.17) is 4.52 Å². The molecule has 9 nitrogen and oxygen atoms in total. The second-order valence-corrected chi connectivity index (χ2v) is 8.06. The van der Waals surface area contributed by atoms with E-state index in [2.05, 4.69) is 20.7 Å². The van der Waals surface area contributed by atoms with Gasteiger partial charge in [0.1, 0.15) is 11.8 Å². The Morgan fingerprint density at radius 2 is 1.84 bits per heavy atom. The van der Waals surface area contributed by atoms with E-state index < -0.39 is 6.04 Å². The second-order valence-electron chi connectivity index (χ2n) is 8.06. The molecule has 9 heteroatoms. The molecule has 2 N–H and O–H groups in total. The lowest BCUT2D eigenvalue weighted by atomic mass is 10.1. The van der Waals surface area contributed by atoms with Gasteiger partial charge in [-0.1, -0.05) is 35.5 Å². The highest BCUT2D eigenvalue weighted by molar-refractivity contribution is 5.87. The van der Waals surface area contributed by atoms with Crippen molar-refractivity contribution in [2.75, 3.05) is 39.3 Å². The molecule has 0 bridgehead atoms. The van der Waals surface area contributed by atoms with Crippen LogP contribution in [-0.4, -0.2) is 78.0 Å². The van der Waals surface area contributed by atoms with Crippen LogP contribution in [-0.2, 0) is 27.2 Å². The predicted octanol–water partition coefficient (Wildman–Crippen LogP) is 0.533. The van der Waals surface area contributed by atoms with Crippen LogP contribution in [0.2, 0.25) is 0 Å². The van der Waals surface area contributed by atoms with Gasteiger partial charge in [0.15, 0.2) is 0 Å². The summed E-state index contributed by atoms with van der Waals surface area (Å²) in [5, 5.41) is 9.55. The molecule has 1 aromatic heterocycles. The number of nitrogens with one attached hydrogen (secondary N) is 2. The third-order valence-corrected chi connectivity index (χ3v) is 5.44. The number of carbonyl (C=O) groups is 3. The summed E-state index contributed by atoms with van der Waals surface area (Å²) in [4.78, 5) is 40.7. The van der Waals surface area contributed by atoms with E-state index in [1.165, 1.54) is 6.92 Å². The van der Waals surface area contributed by atoms with Crippen molar-refractivity contribution >= 4 is 17.7 Å². The highest BCUT2D eigenvalue weighted by Crippen LogP contribution is 2.08. The number of rotatable bonds is 9. The molecule has 1 aromatic carbocycles. The van der Waals surface area contributed by atoms with E-state index in [9.17, 15) is 14.4 Å². The number of carbonyl (C=O) groups excluding carboxylic acids is 3. The lowest BCUT2D eigenvalue weighted by molar-refractivity contribution is -0.132. The number of hydrogen-bond donors (Lipinski definition) is 2. The fourth-order valence-electron chi connectivity index (χ4n) is 3.75. The molecule has 172 valence electrons. The predicted molar refractivity (Wildman–Crippen MR) is 119 cm³/mol. The maximum absolute atomic E-state index is 12.6. The minimum Gasteiger partial charge on any atom is -0.361 e. The summed E-state index contributed by atoms with van der Waals surface area (Å²) in [5.74, 6) is 0.318. The zero-order chi connectivity index (χ0) is 22.9. The van der Waals surface area contributed by atoms with Crippen molar-refractivity contribution < 1.29 is 18.9 Å². The van der Waals surface area contributed by atoms with Crippen LogP contribution < -0.4 is 10.6 Å². The molecule has 3 rings (SSSR count). The summed E-state index contributed by atoms with van der Waals surface area (Å²) in [7, 11) is 0.